The molecule has 1 unspecified atom stereocenters. The molecular weight excluding hydrogens is 291 g/mol. The van der Waals surface area contributed by atoms with Crippen molar-refractivity contribution >= 4 is 21.8 Å². The van der Waals surface area contributed by atoms with Gasteiger partial charge in [0.2, 0.25) is 5.91 Å². The highest BCUT2D eigenvalue weighted by Gasteiger charge is 2.18. The zero-order valence-corrected chi connectivity index (χ0v) is 10.9. The Morgan fingerprint density at radius 2 is 2.29 bits per heavy atom. The standard InChI is InChI=1S/C11H14BrFN2O2/c1-15(11(17)10(14)6-16)5-7-4-8(12)2-3-9(7)13/h2-4,10,16H,5-6,14H2,1H3. The Balaban J connectivity index is 2.77. The fourth-order valence-corrected chi connectivity index (χ4v) is 1.77. The molecule has 0 fully saturated rings. The van der Waals surface area contributed by atoms with Gasteiger partial charge in [0.25, 0.3) is 0 Å². The molecule has 1 aromatic rings. The van der Waals surface area contributed by atoms with E-state index in [9.17, 15) is 9.18 Å². The second-order valence-corrected chi connectivity index (χ2v) is 4.63. The summed E-state index contributed by atoms with van der Waals surface area (Å²) >= 11 is 3.23. The van der Waals surface area contributed by atoms with Crippen LogP contribution in [0.5, 0.6) is 0 Å². The van der Waals surface area contributed by atoms with Gasteiger partial charge >= 0.3 is 0 Å². The van der Waals surface area contributed by atoms with Crippen LogP contribution in [0.4, 0.5) is 4.39 Å². The lowest BCUT2D eigenvalue weighted by atomic mass is 10.2. The number of aliphatic hydroxyl groups excluding tert-OH is 1. The predicted octanol–water partition coefficient (Wildman–Crippen LogP) is 0.866. The first-order chi connectivity index (χ1) is 7.95. The van der Waals surface area contributed by atoms with Crippen LogP contribution < -0.4 is 5.73 Å². The highest BCUT2D eigenvalue weighted by atomic mass is 79.9. The highest BCUT2D eigenvalue weighted by Crippen LogP contribution is 2.17. The molecule has 0 aliphatic heterocycles. The Labute approximate surface area is 107 Å². The zero-order valence-electron chi connectivity index (χ0n) is 9.36. The van der Waals surface area contributed by atoms with Crippen LogP contribution in [-0.4, -0.2) is 35.6 Å². The van der Waals surface area contributed by atoms with E-state index in [2.05, 4.69) is 15.9 Å². The SMILES string of the molecule is CN(Cc1cc(Br)ccc1F)C(=O)C(N)CO. The van der Waals surface area contributed by atoms with E-state index in [4.69, 9.17) is 10.8 Å². The van der Waals surface area contributed by atoms with Crippen molar-refractivity contribution in [2.75, 3.05) is 13.7 Å². The third-order valence-electron chi connectivity index (χ3n) is 2.31. The summed E-state index contributed by atoms with van der Waals surface area (Å²) in [5.74, 6) is -0.808. The molecule has 1 amide bonds. The predicted molar refractivity (Wildman–Crippen MR) is 65.6 cm³/mol. The van der Waals surface area contributed by atoms with Crippen molar-refractivity contribution in [2.45, 2.75) is 12.6 Å². The summed E-state index contributed by atoms with van der Waals surface area (Å²) in [5.41, 5.74) is 5.78. The summed E-state index contributed by atoms with van der Waals surface area (Å²) in [6.07, 6.45) is 0. The molecule has 94 valence electrons. The molecule has 0 radical (unpaired) electrons. The molecule has 0 aromatic heterocycles. The Morgan fingerprint density at radius 1 is 1.65 bits per heavy atom. The smallest absolute Gasteiger partial charge is 0.241 e. The summed E-state index contributed by atoms with van der Waals surface area (Å²) < 4.78 is 14.2. The first-order valence-corrected chi connectivity index (χ1v) is 5.80. The lowest BCUT2D eigenvalue weighted by Gasteiger charge is -2.20. The van der Waals surface area contributed by atoms with Crippen LogP contribution in [0.1, 0.15) is 5.56 Å². The third kappa shape index (κ3) is 3.76. The Bertz CT molecular complexity index is 414. The summed E-state index contributed by atoms with van der Waals surface area (Å²) in [5, 5.41) is 8.76. The number of nitrogens with two attached hydrogens (primary N) is 1. The fourth-order valence-electron chi connectivity index (χ4n) is 1.36. The number of nitrogens with zero attached hydrogens (tertiary/aromatic N) is 1. The van der Waals surface area contributed by atoms with Crippen LogP contribution in [-0.2, 0) is 11.3 Å². The Kier molecular flexibility index (Phi) is 5.04. The van der Waals surface area contributed by atoms with E-state index in [0.29, 0.717) is 5.56 Å². The third-order valence-corrected chi connectivity index (χ3v) is 2.80. The molecule has 0 saturated heterocycles. The van der Waals surface area contributed by atoms with Gasteiger partial charge in [0.05, 0.1) is 6.61 Å². The molecule has 0 saturated carbocycles. The van der Waals surface area contributed by atoms with Gasteiger partial charge in [-0.2, -0.15) is 0 Å². The number of likely N-dealkylation sites (N-methyl/N-ethyl adjacent to an activating group) is 1. The molecule has 6 heteroatoms. The fraction of sp³-hybridized carbons (Fsp3) is 0.364. The minimum Gasteiger partial charge on any atom is -0.394 e. The van der Waals surface area contributed by atoms with Gasteiger partial charge in [0.1, 0.15) is 11.9 Å². The quantitative estimate of drug-likeness (QED) is 0.867. The van der Waals surface area contributed by atoms with Crippen LogP contribution in [0, 0.1) is 5.82 Å². The average Bonchev–Trinajstić information content (AvgIpc) is 2.31. The molecule has 0 aliphatic carbocycles. The van der Waals surface area contributed by atoms with Crippen molar-refractivity contribution in [1.82, 2.24) is 4.90 Å². The van der Waals surface area contributed by atoms with E-state index in [0.717, 1.165) is 4.47 Å². The van der Waals surface area contributed by atoms with Crippen LogP contribution in [0.15, 0.2) is 22.7 Å². The number of amides is 1. The summed E-state index contributed by atoms with van der Waals surface area (Å²) in [6.45, 7) is -0.318. The number of carbonyl (C=O) groups is 1. The van der Waals surface area contributed by atoms with Crippen molar-refractivity contribution < 1.29 is 14.3 Å². The van der Waals surface area contributed by atoms with E-state index >= 15 is 0 Å². The first kappa shape index (κ1) is 14.1. The molecule has 0 spiro atoms. The molecule has 3 N–H and O–H groups in total. The zero-order chi connectivity index (χ0) is 13.0. The average molecular weight is 305 g/mol. The molecule has 1 atom stereocenters. The summed E-state index contributed by atoms with van der Waals surface area (Å²) in [7, 11) is 1.51. The number of carbonyl (C=O) groups excluding carboxylic acids is 1. The van der Waals surface area contributed by atoms with Gasteiger partial charge in [-0.3, -0.25) is 4.79 Å². The van der Waals surface area contributed by atoms with Crippen molar-refractivity contribution in [3.05, 3.63) is 34.1 Å². The Morgan fingerprint density at radius 3 is 2.88 bits per heavy atom. The van der Waals surface area contributed by atoms with Gasteiger partial charge in [-0.1, -0.05) is 15.9 Å². The van der Waals surface area contributed by atoms with Gasteiger partial charge in [0.15, 0.2) is 0 Å². The van der Waals surface area contributed by atoms with Gasteiger partial charge in [-0.15, -0.1) is 0 Å². The van der Waals surface area contributed by atoms with E-state index in [1.54, 1.807) is 12.1 Å². The van der Waals surface area contributed by atoms with Crippen LogP contribution in [0.3, 0.4) is 0 Å². The number of benzene rings is 1. The van der Waals surface area contributed by atoms with E-state index < -0.39 is 18.6 Å². The maximum atomic E-state index is 13.4. The molecule has 1 aromatic carbocycles. The van der Waals surface area contributed by atoms with Gasteiger partial charge in [-0.25, -0.2) is 4.39 Å². The van der Waals surface area contributed by atoms with Gasteiger partial charge in [-0.05, 0) is 18.2 Å². The molecule has 4 nitrogen and oxygen atoms in total. The van der Waals surface area contributed by atoms with Crippen molar-refractivity contribution in [2.24, 2.45) is 5.73 Å². The number of rotatable bonds is 4. The largest absolute Gasteiger partial charge is 0.394 e. The number of hydrogen-bond donors (Lipinski definition) is 2. The lowest BCUT2D eigenvalue weighted by Crippen LogP contribution is -2.43. The van der Waals surface area contributed by atoms with Gasteiger partial charge in [0, 0.05) is 23.6 Å². The maximum Gasteiger partial charge on any atom is 0.241 e. The minimum absolute atomic E-state index is 0.109. The van der Waals surface area contributed by atoms with E-state index in [-0.39, 0.29) is 12.4 Å². The molecule has 0 heterocycles. The van der Waals surface area contributed by atoms with Gasteiger partial charge < -0.3 is 15.7 Å². The second-order valence-electron chi connectivity index (χ2n) is 3.72. The Hall–Kier alpha value is -0.980. The molecule has 0 aliphatic rings. The first-order valence-electron chi connectivity index (χ1n) is 5.01. The summed E-state index contributed by atoms with van der Waals surface area (Å²) in [6, 6.07) is 3.54. The van der Waals surface area contributed by atoms with Crippen molar-refractivity contribution in [3.63, 3.8) is 0 Å². The van der Waals surface area contributed by atoms with Crippen molar-refractivity contribution in [1.29, 1.82) is 0 Å². The van der Waals surface area contributed by atoms with Crippen LogP contribution in [0.2, 0.25) is 0 Å². The van der Waals surface area contributed by atoms with Crippen molar-refractivity contribution in [3.8, 4) is 0 Å². The van der Waals surface area contributed by atoms with E-state index in [1.165, 1.54) is 18.0 Å². The topological polar surface area (TPSA) is 66.6 Å². The van der Waals surface area contributed by atoms with Crippen LogP contribution in [0.25, 0.3) is 0 Å². The second kappa shape index (κ2) is 6.09. The molecule has 1 rings (SSSR count). The molecule has 0 bridgehead atoms. The highest BCUT2D eigenvalue weighted by molar-refractivity contribution is 9.10. The monoisotopic (exact) mass is 304 g/mol. The normalized spacial score (nSPS) is 12.3. The lowest BCUT2D eigenvalue weighted by molar-refractivity contribution is -0.132. The molecular formula is C11H14BrFN2O2. The number of halogens is 2. The minimum atomic E-state index is -0.963. The molecule has 17 heavy (non-hydrogen) atoms. The number of aliphatic hydroxyl groups is 1. The van der Waals surface area contributed by atoms with Crippen LogP contribution >= 0.6 is 15.9 Å². The number of hydrogen-bond acceptors (Lipinski definition) is 3. The maximum absolute atomic E-state index is 13.4. The van der Waals surface area contributed by atoms with E-state index in [1.807, 2.05) is 0 Å². The summed E-state index contributed by atoms with van der Waals surface area (Å²) in [4.78, 5) is 12.9.